The third-order valence-electron chi connectivity index (χ3n) is 2.42. The van der Waals surface area contributed by atoms with Crippen LogP contribution < -0.4 is 10.6 Å². The molecule has 1 saturated heterocycles. The van der Waals surface area contributed by atoms with Crippen molar-refractivity contribution in [2.24, 2.45) is 5.73 Å². The van der Waals surface area contributed by atoms with E-state index >= 15 is 0 Å². The van der Waals surface area contributed by atoms with Gasteiger partial charge in [0, 0.05) is 19.1 Å². The Kier molecular flexibility index (Phi) is 2.46. The Morgan fingerprint density at radius 3 is 2.92 bits per heavy atom. The normalized spacial score (nSPS) is 21.7. The standard InChI is InChI=1S/C8H14N4S/c1-2-7-10-11-8(13-7)12-4-3-6(12)5-9/h6H,2-5,9H2,1H3. The van der Waals surface area contributed by atoms with Crippen LogP contribution in [0.15, 0.2) is 0 Å². The molecule has 0 aromatic carbocycles. The van der Waals surface area contributed by atoms with E-state index in [0.29, 0.717) is 6.04 Å². The van der Waals surface area contributed by atoms with Crippen molar-refractivity contribution >= 4 is 16.5 Å². The van der Waals surface area contributed by atoms with Crippen molar-refractivity contribution in [3.63, 3.8) is 0 Å². The van der Waals surface area contributed by atoms with Crippen LogP contribution in [0, 0.1) is 0 Å². The van der Waals surface area contributed by atoms with Gasteiger partial charge in [-0.25, -0.2) is 0 Å². The molecule has 72 valence electrons. The summed E-state index contributed by atoms with van der Waals surface area (Å²) in [5.74, 6) is 0. The first-order valence-corrected chi connectivity index (χ1v) is 5.46. The smallest absolute Gasteiger partial charge is 0.208 e. The van der Waals surface area contributed by atoms with Gasteiger partial charge in [0.15, 0.2) is 0 Å². The molecule has 2 rings (SSSR count). The fraction of sp³-hybridized carbons (Fsp3) is 0.750. The molecule has 0 bridgehead atoms. The number of rotatable bonds is 3. The van der Waals surface area contributed by atoms with E-state index in [1.165, 1.54) is 6.42 Å². The molecule has 0 radical (unpaired) electrons. The van der Waals surface area contributed by atoms with Gasteiger partial charge in [-0.1, -0.05) is 18.3 Å². The zero-order valence-electron chi connectivity index (χ0n) is 7.73. The van der Waals surface area contributed by atoms with Gasteiger partial charge in [-0.05, 0) is 12.8 Å². The molecule has 0 saturated carbocycles. The Balaban J connectivity index is 2.07. The van der Waals surface area contributed by atoms with Gasteiger partial charge in [-0.2, -0.15) is 0 Å². The first-order valence-electron chi connectivity index (χ1n) is 4.64. The van der Waals surface area contributed by atoms with Crippen LogP contribution >= 0.6 is 11.3 Å². The second-order valence-electron chi connectivity index (χ2n) is 3.20. The zero-order valence-corrected chi connectivity index (χ0v) is 8.55. The van der Waals surface area contributed by atoms with E-state index in [-0.39, 0.29) is 0 Å². The van der Waals surface area contributed by atoms with Gasteiger partial charge >= 0.3 is 0 Å². The Bertz CT molecular complexity index is 283. The first kappa shape index (κ1) is 8.90. The predicted octanol–water partition coefficient (Wildman–Crippen LogP) is 0.638. The summed E-state index contributed by atoms with van der Waals surface area (Å²) >= 11 is 1.68. The van der Waals surface area contributed by atoms with E-state index in [9.17, 15) is 0 Å². The summed E-state index contributed by atoms with van der Waals surface area (Å²) in [7, 11) is 0. The van der Waals surface area contributed by atoms with Crippen molar-refractivity contribution in [2.75, 3.05) is 18.0 Å². The third kappa shape index (κ3) is 1.53. The van der Waals surface area contributed by atoms with E-state index in [4.69, 9.17) is 5.73 Å². The maximum absolute atomic E-state index is 5.62. The van der Waals surface area contributed by atoms with Gasteiger partial charge in [-0.3, -0.25) is 0 Å². The summed E-state index contributed by atoms with van der Waals surface area (Å²) in [5.41, 5.74) is 5.62. The number of aryl methyl sites for hydroxylation is 1. The van der Waals surface area contributed by atoms with Crippen LogP contribution in [-0.4, -0.2) is 29.3 Å². The van der Waals surface area contributed by atoms with Gasteiger partial charge in [0.2, 0.25) is 5.13 Å². The summed E-state index contributed by atoms with van der Waals surface area (Å²) in [4.78, 5) is 2.25. The SMILES string of the molecule is CCc1nnc(N2CCC2CN)s1. The molecular formula is C8H14N4S. The van der Waals surface area contributed by atoms with Gasteiger partial charge < -0.3 is 10.6 Å². The second-order valence-corrected chi connectivity index (χ2v) is 4.24. The summed E-state index contributed by atoms with van der Waals surface area (Å²) in [6, 6.07) is 0.498. The summed E-state index contributed by atoms with van der Waals surface area (Å²) in [5, 5.41) is 10.4. The van der Waals surface area contributed by atoms with Gasteiger partial charge in [0.25, 0.3) is 0 Å². The molecule has 1 unspecified atom stereocenters. The van der Waals surface area contributed by atoms with Crippen LogP contribution in [0.1, 0.15) is 18.4 Å². The molecule has 2 N–H and O–H groups in total. The number of hydrogen-bond acceptors (Lipinski definition) is 5. The van der Waals surface area contributed by atoms with Crippen LogP contribution in [0.4, 0.5) is 5.13 Å². The summed E-state index contributed by atoms with van der Waals surface area (Å²) in [6.07, 6.45) is 2.16. The average molecular weight is 198 g/mol. The number of nitrogens with zero attached hydrogens (tertiary/aromatic N) is 3. The second kappa shape index (κ2) is 3.59. The van der Waals surface area contributed by atoms with Crippen LogP contribution in [0.2, 0.25) is 0 Å². The van der Waals surface area contributed by atoms with Crippen molar-refractivity contribution in [2.45, 2.75) is 25.8 Å². The molecule has 0 amide bonds. The van der Waals surface area contributed by atoms with E-state index in [1.54, 1.807) is 11.3 Å². The van der Waals surface area contributed by atoms with E-state index in [1.807, 2.05) is 0 Å². The van der Waals surface area contributed by atoms with E-state index in [2.05, 4.69) is 22.0 Å². The van der Waals surface area contributed by atoms with Gasteiger partial charge in [0.05, 0.1) is 0 Å². The molecule has 13 heavy (non-hydrogen) atoms. The predicted molar refractivity (Wildman–Crippen MR) is 54.1 cm³/mol. The Labute approximate surface area is 81.8 Å². The number of nitrogens with two attached hydrogens (primary N) is 1. The lowest BCUT2D eigenvalue weighted by Gasteiger charge is -2.39. The summed E-state index contributed by atoms with van der Waals surface area (Å²) in [6.45, 7) is 3.90. The Morgan fingerprint density at radius 2 is 2.46 bits per heavy atom. The maximum atomic E-state index is 5.62. The fourth-order valence-electron chi connectivity index (χ4n) is 1.44. The first-order chi connectivity index (χ1) is 6.35. The van der Waals surface area contributed by atoms with Crippen molar-refractivity contribution in [1.29, 1.82) is 0 Å². The van der Waals surface area contributed by atoms with Crippen LogP contribution in [0.3, 0.4) is 0 Å². The molecule has 2 heterocycles. The molecule has 1 fully saturated rings. The lowest BCUT2D eigenvalue weighted by Crippen LogP contribution is -2.51. The highest BCUT2D eigenvalue weighted by atomic mass is 32.1. The largest absolute Gasteiger partial charge is 0.342 e. The Morgan fingerprint density at radius 1 is 1.62 bits per heavy atom. The molecule has 0 aliphatic carbocycles. The van der Waals surface area contributed by atoms with Crippen molar-refractivity contribution in [3.05, 3.63) is 5.01 Å². The minimum atomic E-state index is 0.498. The van der Waals surface area contributed by atoms with Gasteiger partial charge in [-0.15, -0.1) is 10.2 Å². The molecule has 1 aliphatic heterocycles. The topological polar surface area (TPSA) is 55.0 Å². The minimum Gasteiger partial charge on any atom is -0.342 e. The quantitative estimate of drug-likeness (QED) is 0.774. The molecule has 1 aromatic heterocycles. The fourth-order valence-corrected chi connectivity index (χ4v) is 2.32. The van der Waals surface area contributed by atoms with Crippen LogP contribution in [-0.2, 0) is 6.42 Å². The Hall–Kier alpha value is -0.680. The molecular weight excluding hydrogens is 184 g/mol. The van der Waals surface area contributed by atoms with Crippen LogP contribution in [0.25, 0.3) is 0 Å². The van der Waals surface area contributed by atoms with E-state index < -0.39 is 0 Å². The minimum absolute atomic E-state index is 0.498. The van der Waals surface area contributed by atoms with Crippen molar-refractivity contribution < 1.29 is 0 Å². The highest BCUT2D eigenvalue weighted by Gasteiger charge is 2.29. The van der Waals surface area contributed by atoms with Gasteiger partial charge in [0.1, 0.15) is 5.01 Å². The number of aromatic nitrogens is 2. The molecule has 4 nitrogen and oxygen atoms in total. The summed E-state index contributed by atoms with van der Waals surface area (Å²) < 4.78 is 0. The van der Waals surface area contributed by atoms with Crippen molar-refractivity contribution in [3.8, 4) is 0 Å². The lowest BCUT2D eigenvalue weighted by atomic mass is 10.1. The molecule has 5 heteroatoms. The molecule has 1 aliphatic rings. The zero-order chi connectivity index (χ0) is 9.26. The van der Waals surface area contributed by atoms with E-state index in [0.717, 1.165) is 29.6 Å². The molecule has 1 aromatic rings. The lowest BCUT2D eigenvalue weighted by molar-refractivity contribution is 0.454. The number of anilines is 1. The average Bonchev–Trinajstić information content (AvgIpc) is 2.52. The van der Waals surface area contributed by atoms with Crippen LogP contribution in [0.5, 0.6) is 0 Å². The monoisotopic (exact) mass is 198 g/mol. The van der Waals surface area contributed by atoms with Crippen molar-refractivity contribution in [1.82, 2.24) is 10.2 Å². The molecule has 1 atom stereocenters. The molecule has 0 spiro atoms. The number of hydrogen-bond donors (Lipinski definition) is 1. The highest BCUT2D eigenvalue weighted by Crippen LogP contribution is 2.28. The maximum Gasteiger partial charge on any atom is 0.208 e. The highest BCUT2D eigenvalue weighted by molar-refractivity contribution is 7.15. The third-order valence-corrected chi connectivity index (χ3v) is 3.53.